The fourth-order valence-electron chi connectivity index (χ4n) is 5.90. The van der Waals surface area contributed by atoms with E-state index in [1.165, 1.54) is 48.5 Å². The van der Waals surface area contributed by atoms with Crippen LogP contribution in [0, 0.1) is 17.8 Å². The zero-order valence-corrected chi connectivity index (χ0v) is 24.9. The Kier molecular flexibility index (Phi) is 10.0. The molecule has 0 amide bonds. The van der Waals surface area contributed by atoms with E-state index in [1.54, 1.807) is 6.92 Å². The summed E-state index contributed by atoms with van der Waals surface area (Å²) in [6.07, 6.45) is -7.02. The van der Waals surface area contributed by atoms with Gasteiger partial charge in [0.15, 0.2) is 17.6 Å². The number of benzene rings is 2. The molecule has 7 N–H and O–H groups in total. The third kappa shape index (κ3) is 7.34. The molecule has 15 heteroatoms. The average Bonchev–Trinajstić information content (AvgIpc) is 3.34. The number of phenols is 3. The minimum atomic E-state index is -1.84. The Morgan fingerprint density at radius 1 is 0.957 bits per heavy atom. The van der Waals surface area contributed by atoms with Crippen LogP contribution in [0.3, 0.4) is 0 Å². The summed E-state index contributed by atoms with van der Waals surface area (Å²) in [5.41, 5.74) is 0.294. The number of aromatic hydroxyl groups is 3. The first-order valence-electron chi connectivity index (χ1n) is 14.6. The number of phenolic OH excluding ortho intramolecular Hbond substituents is 3. The molecule has 252 valence electrons. The highest BCUT2D eigenvalue weighted by atomic mass is 16.8. The molecular weight excluding hydrogens is 624 g/mol. The summed E-state index contributed by atoms with van der Waals surface area (Å²) in [4.78, 5) is 37.3. The Balaban J connectivity index is 1.34. The Hall–Kier alpha value is -4.67. The molecule has 15 nitrogen and oxygen atoms in total. The van der Waals surface area contributed by atoms with E-state index in [0.717, 1.165) is 12.3 Å². The first-order valence-corrected chi connectivity index (χ1v) is 14.6. The number of carbonyl (C=O) groups excluding carboxylic acids is 2. The highest BCUT2D eigenvalue weighted by Gasteiger charge is 2.54. The van der Waals surface area contributed by atoms with E-state index in [4.69, 9.17) is 23.7 Å². The van der Waals surface area contributed by atoms with Crippen molar-refractivity contribution in [3.05, 3.63) is 71.5 Å². The maximum absolute atomic E-state index is 13.0. The van der Waals surface area contributed by atoms with Crippen LogP contribution in [-0.4, -0.2) is 103 Å². The Labute approximate surface area is 267 Å². The number of fused-ring (bicyclic) bond motifs is 1. The van der Waals surface area contributed by atoms with Crippen LogP contribution in [0.25, 0.3) is 6.08 Å². The molecule has 0 bridgehead atoms. The third-order valence-corrected chi connectivity index (χ3v) is 8.52. The number of carbonyl (C=O) groups is 3. The molecular formula is C32H34O15. The van der Waals surface area contributed by atoms with Crippen molar-refractivity contribution in [2.75, 3.05) is 6.61 Å². The van der Waals surface area contributed by atoms with Crippen LogP contribution in [0.2, 0.25) is 0 Å². The highest BCUT2D eigenvalue weighted by molar-refractivity contribution is 5.90. The summed E-state index contributed by atoms with van der Waals surface area (Å²) in [6, 6.07) is 8.89. The molecule has 3 aliphatic rings. The summed E-state index contributed by atoms with van der Waals surface area (Å²) in [7, 11) is 0. The minimum Gasteiger partial charge on any atom is -0.508 e. The number of esters is 2. The van der Waals surface area contributed by atoms with Crippen LogP contribution < -0.4 is 0 Å². The van der Waals surface area contributed by atoms with Crippen LogP contribution >= 0.6 is 0 Å². The first-order chi connectivity index (χ1) is 22.3. The normalized spacial score (nSPS) is 31.8. The molecule has 2 heterocycles. The van der Waals surface area contributed by atoms with Crippen molar-refractivity contribution in [2.24, 2.45) is 17.8 Å². The standard InChI is InChI=1S/C32H34O15/c1-14-21(35)11-18-19(29(40)41)12-44-31(25(14)18)47-32-28(46-30(42)16-4-6-17(33)7-5-16)27(39)26(38)23(45-32)13-43-24(37)9-3-15-2-8-20(34)22(36)10-15/h2-10,12,14,18,21,23,25-28,31-36,38-39H,11,13H2,1H3,(H,40,41)/b9-3+/t14-,18-,21+,23-,25-,26-,27+,28-,31+,32+/m1/s1. The van der Waals surface area contributed by atoms with Crippen LogP contribution in [-0.2, 0) is 33.3 Å². The van der Waals surface area contributed by atoms with E-state index >= 15 is 0 Å². The van der Waals surface area contributed by atoms with Crippen molar-refractivity contribution in [2.45, 2.75) is 56.4 Å². The lowest BCUT2D eigenvalue weighted by Crippen LogP contribution is -2.61. The molecule has 1 saturated carbocycles. The topological polar surface area (TPSA) is 239 Å². The predicted molar refractivity (Wildman–Crippen MR) is 156 cm³/mol. The van der Waals surface area contributed by atoms with Crippen molar-refractivity contribution in [1.82, 2.24) is 0 Å². The van der Waals surface area contributed by atoms with Gasteiger partial charge in [-0.3, -0.25) is 0 Å². The van der Waals surface area contributed by atoms with Gasteiger partial charge in [0.05, 0.1) is 23.5 Å². The number of aliphatic hydroxyl groups excluding tert-OH is 3. The quantitative estimate of drug-likeness (QED) is 0.113. The van der Waals surface area contributed by atoms with Gasteiger partial charge in [0.25, 0.3) is 0 Å². The van der Waals surface area contributed by atoms with Crippen molar-refractivity contribution >= 4 is 24.0 Å². The SMILES string of the molecule is C[C@H]1[C@H]2[C@H](O[C@@H]3O[C@H](COC(=O)/C=C/c4ccc(O)c(O)c4)[C@@H](O)[C@H](O)[C@H]3OC(=O)c3ccc(O)cc3)OC=C(C(=O)O)[C@H]2C[C@@H]1O. The lowest BCUT2D eigenvalue weighted by atomic mass is 9.83. The zero-order chi connectivity index (χ0) is 34.0. The van der Waals surface area contributed by atoms with Crippen molar-refractivity contribution in [3.63, 3.8) is 0 Å². The van der Waals surface area contributed by atoms with Crippen LogP contribution in [0.4, 0.5) is 0 Å². The van der Waals surface area contributed by atoms with Crippen molar-refractivity contribution in [3.8, 4) is 17.2 Å². The number of carboxylic acid groups (broad SMARTS) is 1. The molecule has 1 aliphatic carbocycles. The molecule has 0 unspecified atom stereocenters. The van der Waals surface area contributed by atoms with Gasteiger partial charge in [-0.15, -0.1) is 0 Å². The predicted octanol–water partition coefficient (Wildman–Crippen LogP) is 1.01. The second-order valence-electron chi connectivity index (χ2n) is 11.5. The van der Waals surface area contributed by atoms with Crippen LogP contribution in [0.5, 0.6) is 17.2 Å². The Morgan fingerprint density at radius 2 is 1.68 bits per heavy atom. The highest BCUT2D eigenvalue weighted by Crippen LogP contribution is 2.47. The molecule has 5 rings (SSSR count). The van der Waals surface area contributed by atoms with Gasteiger partial charge in [-0.1, -0.05) is 13.0 Å². The summed E-state index contributed by atoms with van der Waals surface area (Å²) in [5.74, 6) is -5.79. The lowest BCUT2D eigenvalue weighted by Gasteiger charge is -2.44. The number of rotatable bonds is 9. The maximum atomic E-state index is 13.0. The monoisotopic (exact) mass is 658 g/mol. The van der Waals surface area contributed by atoms with Gasteiger partial charge in [0.1, 0.15) is 30.7 Å². The lowest BCUT2D eigenvalue weighted by molar-refractivity contribution is -0.341. The second kappa shape index (κ2) is 14.0. The second-order valence-corrected chi connectivity index (χ2v) is 11.5. The van der Waals surface area contributed by atoms with E-state index in [2.05, 4.69) is 0 Å². The van der Waals surface area contributed by atoms with Crippen molar-refractivity contribution in [1.29, 1.82) is 0 Å². The first kappa shape index (κ1) is 33.7. The zero-order valence-electron chi connectivity index (χ0n) is 24.9. The average molecular weight is 659 g/mol. The number of hydrogen-bond acceptors (Lipinski definition) is 14. The largest absolute Gasteiger partial charge is 0.508 e. The van der Waals surface area contributed by atoms with Gasteiger partial charge in [-0.25, -0.2) is 14.4 Å². The van der Waals surface area contributed by atoms with Gasteiger partial charge in [-0.05, 0) is 60.4 Å². The van der Waals surface area contributed by atoms with Crippen LogP contribution in [0.1, 0.15) is 29.3 Å². The smallest absolute Gasteiger partial charge is 0.338 e. The van der Waals surface area contributed by atoms with Crippen LogP contribution in [0.15, 0.2) is 60.4 Å². The molecule has 2 fully saturated rings. The molecule has 1 saturated heterocycles. The van der Waals surface area contributed by atoms with Gasteiger partial charge >= 0.3 is 17.9 Å². The molecule has 0 aromatic heterocycles. The summed E-state index contributed by atoms with van der Waals surface area (Å²) >= 11 is 0. The maximum Gasteiger partial charge on any atom is 0.338 e. The number of carboxylic acids is 1. The molecule has 10 atom stereocenters. The number of hydrogen-bond donors (Lipinski definition) is 7. The number of ether oxygens (including phenoxy) is 5. The molecule has 47 heavy (non-hydrogen) atoms. The van der Waals surface area contributed by atoms with E-state index in [1.807, 2.05) is 0 Å². The van der Waals surface area contributed by atoms with Gasteiger partial charge in [0, 0.05) is 17.9 Å². The molecule has 2 aliphatic heterocycles. The van der Waals surface area contributed by atoms with Crippen molar-refractivity contribution < 1.29 is 73.8 Å². The van der Waals surface area contributed by atoms with E-state index < -0.39 is 91.1 Å². The third-order valence-electron chi connectivity index (χ3n) is 8.52. The number of aliphatic hydroxyl groups is 3. The summed E-state index contributed by atoms with van der Waals surface area (Å²) in [5, 5.41) is 70.9. The van der Waals surface area contributed by atoms with E-state index in [9.17, 15) is 50.1 Å². The molecule has 0 radical (unpaired) electrons. The van der Waals surface area contributed by atoms with E-state index in [-0.39, 0.29) is 29.1 Å². The minimum absolute atomic E-state index is 0.0106. The van der Waals surface area contributed by atoms with Gasteiger partial charge < -0.3 is 59.4 Å². The summed E-state index contributed by atoms with van der Waals surface area (Å²) in [6.45, 7) is 1.09. The number of aliphatic carboxylic acids is 1. The van der Waals surface area contributed by atoms with E-state index in [0.29, 0.717) is 5.56 Å². The van der Waals surface area contributed by atoms with Gasteiger partial charge in [-0.2, -0.15) is 0 Å². The molecule has 0 spiro atoms. The van der Waals surface area contributed by atoms with Gasteiger partial charge in [0.2, 0.25) is 12.6 Å². The molecule has 2 aromatic rings. The fourth-order valence-corrected chi connectivity index (χ4v) is 5.90. The fraction of sp³-hybridized carbons (Fsp3) is 0.406. The Bertz CT molecular complexity index is 1540. The molecule has 2 aromatic carbocycles. The Morgan fingerprint density at radius 3 is 2.36 bits per heavy atom. The summed E-state index contributed by atoms with van der Waals surface area (Å²) < 4.78 is 28.3.